The van der Waals surface area contributed by atoms with Crippen molar-refractivity contribution in [2.75, 3.05) is 18.5 Å². The van der Waals surface area contributed by atoms with Crippen LogP contribution < -0.4 is 16.0 Å². The molecular formula is C24H22Cl2N4O6. The van der Waals surface area contributed by atoms with E-state index >= 15 is 0 Å². The van der Waals surface area contributed by atoms with Crippen LogP contribution in [-0.2, 0) is 20.9 Å². The number of carbonyl (C=O) groups excluding carboxylic acids is 3. The van der Waals surface area contributed by atoms with Gasteiger partial charge in [-0.2, -0.15) is 0 Å². The number of esters is 1. The van der Waals surface area contributed by atoms with E-state index in [9.17, 15) is 19.2 Å². The first-order valence-electron chi connectivity index (χ1n) is 10.7. The molecule has 3 aromatic rings. The van der Waals surface area contributed by atoms with Gasteiger partial charge >= 0.3 is 18.0 Å². The third-order valence-electron chi connectivity index (χ3n) is 4.81. The molecule has 0 spiro atoms. The second-order valence-electron chi connectivity index (χ2n) is 7.39. The highest BCUT2D eigenvalue weighted by Gasteiger charge is 2.20. The quantitative estimate of drug-likeness (QED) is 0.206. The Labute approximate surface area is 215 Å². The third-order valence-corrected chi connectivity index (χ3v) is 5.33. The van der Waals surface area contributed by atoms with Crippen LogP contribution in [0.15, 0.2) is 42.5 Å². The smallest absolute Gasteiger partial charge is 0.355 e. The summed E-state index contributed by atoms with van der Waals surface area (Å²) in [6.45, 7) is 1.54. The van der Waals surface area contributed by atoms with Crippen molar-refractivity contribution in [3.63, 3.8) is 0 Å². The maximum Gasteiger partial charge on any atom is 0.355 e. The highest BCUT2D eigenvalue weighted by molar-refractivity contribution is 6.39. The predicted molar refractivity (Wildman–Crippen MR) is 136 cm³/mol. The summed E-state index contributed by atoms with van der Waals surface area (Å²) in [5.41, 5.74) is 2.29. The van der Waals surface area contributed by atoms with Crippen molar-refractivity contribution in [3.05, 3.63) is 69.3 Å². The first-order valence-corrected chi connectivity index (χ1v) is 11.4. The number of aromatic amines is 1. The molecule has 1 heterocycles. The number of hydrogen-bond acceptors (Lipinski definition) is 5. The summed E-state index contributed by atoms with van der Waals surface area (Å²) < 4.78 is 5.10. The average Bonchev–Trinajstić information content (AvgIpc) is 3.20. The summed E-state index contributed by atoms with van der Waals surface area (Å²) in [6.07, 6.45) is 2.73. The van der Waals surface area contributed by atoms with Crippen LogP contribution in [0.5, 0.6) is 0 Å². The molecule has 0 bridgehead atoms. The second-order valence-corrected chi connectivity index (χ2v) is 8.24. The first kappa shape index (κ1) is 26.6. The van der Waals surface area contributed by atoms with Gasteiger partial charge in [-0.15, -0.1) is 0 Å². The van der Waals surface area contributed by atoms with Crippen LogP contribution in [0.4, 0.5) is 10.5 Å². The maximum absolute atomic E-state index is 12.5. The van der Waals surface area contributed by atoms with Crippen LogP contribution in [0.2, 0.25) is 10.0 Å². The number of aromatic nitrogens is 1. The minimum Gasteiger partial charge on any atom is -0.480 e. The Morgan fingerprint density at radius 3 is 2.47 bits per heavy atom. The van der Waals surface area contributed by atoms with E-state index in [1.54, 1.807) is 37.3 Å². The lowest BCUT2D eigenvalue weighted by molar-refractivity contribution is -0.135. The zero-order chi connectivity index (χ0) is 26.2. The molecule has 12 heteroatoms. The molecule has 3 rings (SSSR count). The van der Waals surface area contributed by atoms with E-state index in [1.807, 2.05) is 0 Å². The number of H-pyrrole nitrogens is 1. The molecule has 5 N–H and O–H groups in total. The molecule has 3 amide bonds. The number of urea groups is 1. The van der Waals surface area contributed by atoms with Gasteiger partial charge in [0.05, 0.1) is 11.6 Å². The molecule has 0 aliphatic rings. The van der Waals surface area contributed by atoms with Gasteiger partial charge in [0.25, 0.3) is 0 Å². The fraction of sp³-hybridized carbons (Fsp3) is 0.167. The largest absolute Gasteiger partial charge is 0.480 e. The first-order chi connectivity index (χ1) is 17.2. The van der Waals surface area contributed by atoms with Gasteiger partial charge in [0, 0.05) is 39.8 Å². The Kier molecular flexibility index (Phi) is 8.93. The predicted octanol–water partition coefficient (Wildman–Crippen LogP) is 4.19. The fourth-order valence-corrected chi connectivity index (χ4v) is 3.85. The summed E-state index contributed by atoms with van der Waals surface area (Å²) >= 11 is 12.4. The number of hydrogen-bond donors (Lipinski definition) is 5. The number of amides is 3. The Morgan fingerprint density at radius 1 is 1.08 bits per heavy atom. The van der Waals surface area contributed by atoms with Gasteiger partial charge < -0.3 is 30.8 Å². The van der Waals surface area contributed by atoms with Crippen LogP contribution in [0.1, 0.15) is 28.5 Å². The molecule has 0 aliphatic heterocycles. The Balaban J connectivity index is 1.69. The van der Waals surface area contributed by atoms with Crippen molar-refractivity contribution in [2.45, 2.75) is 13.5 Å². The lowest BCUT2D eigenvalue weighted by Crippen LogP contribution is -2.37. The SMILES string of the molecule is CCOC(=O)c1[nH]c2cc(Cl)cc(Cl)c2c1/C=C/C(=O)Nc1ccc(CNC(=O)NCC(=O)O)cc1. The number of carbonyl (C=O) groups is 4. The Hall–Kier alpha value is -4.02. The van der Waals surface area contributed by atoms with Gasteiger partial charge in [-0.05, 0) is 42.8 Å². The minimum atomic E-state index is -1.14. The molecule has 36 heavy (non-hydrogen) atoms. The zero-order valence-electron chi connectivity index (χ0n) is 19.0. The van der Waals surface area contributed by atoms with Gasteiger partial charge in [0.15, 0.2) is 0 Å². The van der Waals surface area contributed by atoms with Crippen LogP contribution in [0.25, 0.3) is 17.0 Å². The van der Waals surface area contributed by atoms with E-state index in [2.05, 4.69) is 20.9 Å². The zero-order valence-corrected chi connectivity index (χ0v) is 20.5. The van der Waals surface area contributed by atoms with Crippen LogP contribution >= 0.6 is 23.2 Å². The highest BCUT2D eigenvalue weighted by atomic mass is 35.5. The van der Waals surface area contributed by atoms with E-state index in [1.165, 1.54) is 18.2 Å². The van der Waals surface area contributed by atoms with Crippen LogP contribution in [-0.4, -0.2) is 47.1 Å². The molecule has 0 radical (unpaired) electrons. The maximum atomic E-state index is 12.5. The number of anilines is 1. The van der Waals surface area contributed by atoms with Crippen LogP contribution in [0, 0.1) is 0 Å². The Morgan fingerprint density at radius 2 is 1.81 bits per heavy atom. The van der Waals surface area contributed by atoms with Crippen molar-refractivity contribution in [2.24, 2.45) is 0 Å². The molecule has 1 aromatic heterocycles. The van der Waals surface area contributed by atoms with Crippen molar-refractivity contribution in [1.29, 1.82) is 0 Å². The topological polar surface area (TPSA) is 150 Å². The number of rotatable bonds is 9. The number of aliphatic carboxylic acids is 1. The van der Waals surface area contributed by atoms with Gasteiger partial charge in [-0.25, -0.2) is 9.59 Å². The number of carboxylic acids is 1. The molecule has 0 unspecified atom stereocenters. The second kappa shape index (κ2) is 12.1. The molecule has 0 saturated carbocycles. The fourth-order valence-electron chi connectivity index (χ4n) is 3.25. The van der Waals surface area contributed by atoms with Crippen molar-refractivity contribution >= 4 is 69.7 Å². The van der Waals surface area contributed by atoms with E-state index in [0.29, 0.717) is 32.2 Å². The van der Waals surface area contributed by atoms with Gasteiger partial charge in [-0.3, -0.25) is 9.59 Å². The normalized spacial score (nSPS) is 10.9. The molecule has 0 aliphatic carbocycles. The molecular weight excluding hydrogens is 511 g/mol. The van der Waals surface area contributed by atoms with Crippen molar-refractivity contribution < 1.29 is 29.0 Å². The lowest BCUT2D eigenvalue weighted by Gasteiger charge is -2.07. The van der Waals surface area contributed by atoms with Gasteiger partial charge in [0.2, 0.25) is 5.91 Å². The van der Waals surface area contributed by atoms with Gasteiger partial charge in [-0.1, -0.05) is 35.3 Å². The summed E-state index contributed by atoms with van der Waals surface area (Å²) in [7, 11) is 0. The third kappa shape index (κ3) is 7.00. The molecule has 2 aromatic carbocycles. The number of benzene rings is 2. The highest BCUT2D eigenvalue weighted by Crippen LogP contribution is 2.33. The van der Waals surface area contributed by atoms with E-state index in [-0.39, 0.29) is 18.8 Å². The summed E-state index contributed by atoms with van der Waals surface area (Å²) in [4.78, 5) is 49.9. The lowest BCUT2D eigenvalue weighted by atomic mass is 10.1. The summed E-state index contributed by atoms with van der Waals surface area (Å²) in [5.74, 6) is -2.20. The van der Waals surface area contributed by atoms with Crippen molar-refractivity contribution in [3.8, 4) is 0 Å². The van der Waals surface area contributed by atoms with E-state index < -0.39 is 30.4 Å². The molecule has 10 nitrogen and oxygen atoms in total. The van der Waals surface area contributed by atoms with Gasteiger partial charge in [0.1, 0.15) is 12.2 Å². The minimum absolute atomic E-state index is 0.143. The molecule has 0 saturated heterocycles. The molecule has 0 fully saturated rings. The monoisotopic (exact) mass is 532 g/mol. The molecule has 188 valence electrons. The van der Waals surface area contributed by atoms with Crippen LogP contribution in [0.3, 0.4) is 0 Å². The summed E-state index contributed by atoms with van der Waals surface area (Å²) in [5, 5.41) is 17.2. The number of ether oxygens (including phenoxy) is 1. The molecule has 0 atom stereocenters. The Bertz CT molecular complexity index is 1330. The number of halogens is 2. The standard InChI is InChI=1S/C24H22Cl2N4O6/c1-2-36-23(34)22-16(21-17(26)9-14(25)10-18(21)30-22)7-8-19(31)29-15-5-3-13(4-6-15)11-27-24(35)28-12-20(32)33/h3-10,30H,2,11-12H2,1H3,(H,29,31)(H,32,33)(H2,27,28,35)/b8-7+. The number of nitrogens with one attached hydrogen (secondary N) is 4. The van der Waals surface area contributed by atoms with E-state index in [4.69, 9.17) is 33.0 Å². The summed E-state index contributed by atoms with van der Waals surface area (Å²) in [6, 6.07) is 9.23. The van der Waals surface area contributed by atoms with Crippen molar-refractivity contribution in [1.82, 2.24) is 15.6 Å². The number of carboxylic acid groups (broad SMARTS) is 1. The van der Waals surface area contributed by atoms with E-state index in [0.717, 1.165) is 5.56 Å². The average molecular weight is 533 g/mol. The number of fused-ring (bicyclic) bond motifs is 1.